The Morgan fingerprint density at radius 1 is 1.14 bits per heavy atom. The molecule has 1 N–H and O–H groups in total. The van der Waals surface area contributed by atoms with Gasteiger partial charge in [-0.25, -0.2) is 0 Å². The van der Waals surface area contributed by atoms with Crippen molar-refractivity contribution >= 4 is 21.6 Å². The van der Waals surface area contributed by atoms with E-state index >= 15 is 0 Å². The molecule has 4 nitrogen and oxygen atoms in total. The first kappa shape index (κ1) is 15.2. The van der Waals surface area contributed by atoms with Crippen LogP contribution >= 0.6 is 15.9 Å². The first-order chi connectivity index (χ1) is 10.2. The second-order valence-electron chi connectivity index (χ2n) is 4.34. The molecule has 5 heteroatoms. The van der Waals surface area contributed by atoms with Crippen molar-refractivity contribution in [1.82, 2.24) is 0 Å². The fourth-order valence-electron chi connectivity index (χ4n) is 1.94. The lowest BCUT2D eigenvalue weighted by Crippen LogP contribution is -2.03. The van der Waals surface area contributed by atoms with Gasteiger partial charge in [-0.15, -0.1) is 0 Å². The number of nitrogens with one attached hydrogen (secondary N) is 1. The maximum absolute atomic E-state index is 8.87. The summed E-state index contributed by atoms with van der Waals surface area (Å²) in [5.41, 5.74) is 2.53. The predicted octanol–water partition coefficient (Wildman–Crippen LogP) is 3.95. The van der Waals surface area contributed by atoms with Gasteiger partial charge in [0, 0.05) is 22.3 Å². The fraction of sp³-hybridized carbons (Fsp3) is 0.188. The quantitative estimate of drug-likeness (QED) is 0.890. The van der Waals surface area contributed by atoms with Gasteiger partial charge in [-0.3, -0.25) is 0 Å². The van der Waals surface area contributed by atoms with Crippen LogP contribution in [0.15, 0.2) is 40.9 Å². The van der Waals surface area contributed by atoms with Crippen molar-refractivity contribution in [3.8, 4) is 17.6 Å². The Balaban J connectivity index is 2.18. The molecule has 0 aliphatic carbocycles. The molecular formula is C16H15BrN2O2. The van der Waals surface area contributed by atoms with Gasteiger partial charge >= 0.3 is 0 Å². The average Bonchev–Trinajstić information content (AvgIpc) is 2.53. The second-order valence-corrected chi connectivity index (χ2v) is 5.19. The molecule has 0 saturated heterocycles. The number of benzene rings is 2. The maximum atomic E-state index is 8.87. The Morgan fingerprint density at radius 3 is 2.57 bits per heavy atom. The number of halogens is 1. The van der Waals surface area contributed by atoms with Crippen LogP contribution in [0.25, 0.3) is 0 Å². The SMILES string of the molecule is COc1ccc(OC)c(CNc2ccc(C#N)cc2Br)c1. The normalized spacial score (nSPS) is 9.81. The summed E-state index contributed by atoms with van der Waals surface area (Å²) in [6.07, 6.45) is 0. The monoisotopic (exact) mass is 346 g/mol. The zero-order valence-corrected chi connectivity index (χ0v) is 13.4. The van der Waals surface area contributed by atoms with Crippen molar-refractivity contribution < 1.29 is 9.47 Å². The largest absolute Gasteiger partial charge is 0.497 e. The molecule has 0 heterocycles. The molecule has 0 spiro atoms. The zero-order valence-electron chi connectivity index (χ0n) is 11.8. The minimum atomic E-state index is 0.588. The van der Waals surface area contributed by atoms with Crippen LogP contribution in [0.2, 0.25) is 0 Å². The van der Waals surface area contributed by atoms with Crippen LogP contribution in [0.5, 0.6) is 11.5 Å². The smallest absolute Gasteiger partial charge is 0.124 e. The minimum Gasteiger partial charge on any atom is -0.497 e. The van der Waals surface area contributed by atoms with Crippen LogP contribution in [-0.4, -0.2) is 14.2 Å². The fourth-order valence-corrected chi connectivity index (χ4v) is 2.46. The summed E-state index contributed by atoms with van der Waals surface area (Å²) in [4.78, 5) is 0. The third kappa shape index (κ3) is 3.67. The molecule has 2 rings (SSSR count). The van der Waals surface area contributed by atoms with Gasteiger partial charge in [0.1, 0.15) is 11.5 Å². The van der Waals surface area contributed by atoms with Gasteiger partial charge in [0.05, 0.1) is 25.9 Å². The van der Waals surface area contributed by atoms with Crippen LogP contribution in [0.4, 0.5) is 5.69 Å². The van der Waals surface area contributed by atoms with Crippen molar-refractivity contribution in [3.05, 3.63) is 52.0 Å². The molecule has 108 valence electrons. The van der Waals surface area contributed by atoms with Gasteiger partial charge in [-0.1, -0.05) is 0 Å². The van der Waals surface area contributed by atoms with E-state index in [9.17, 15) is 0 Å². The molecule has 21 heavy (non-hydrogen) atoms. The molecule has 0 radical (unpaired) electrons. The van der Waals surface area contributed by atoms with E-state index < -0.39 is 0 Å². The Bertz CT molecular complexity index is 680. The number of hydrogen-bond donors (Lipinski definition) is 1. The van der Waals surface area contributed by atoms with Gasteiger partial charge in [0.15, 0.2) is 0 Å². The molecular weight excluding hydrogens is 332 g/mol. The maximum Gasteiger partial charge on any atom is 0.124 e. The summed E-state index contributed by atoms with van der Waals surface area (Å²) in [6.45, 7) is 0.588. The number of anilines is 1. The highest BCUT2D eigenvalue weighted by atomic mass is 79.9. The summed E-state index contributed by atoms with van der Waals surface area (Å²) in [7, 11) is 3.28. The summed E-state index contributed by atoms with van der Waals surface area (Å²) in [6, 6.07) is 13.2. The van der Waals surface area contributed by atoms with E-state index in [1.54, 1.807) is 26.4 Å². The number of nitrogens with zero attached hydrogens (tertiary/aromatic N) is 1. The van der Waals surface area contributed by atoms with Crippen molar-refractivity contribution in [2.45, 2.75) is 6.54 Å². The Kier molecular flexibility index (Phi) is 5.07. The molecule has 0 bridgehead atoms. The second kappa shape index (κ2) is 7.00. The lowest BCUT2D eigenvalue weighted by atomic mass is 10.1. The highest BCUT2D eigenvalue weighted by Crippen LogP contribution is 2.27. The van der Waals surface area contributed by atoms with Gasteiger partial charge in [0.2, 0.25) is 0 Å². The van der Waals surface area contributed by atoms with E-state index in [1.807, 2.05) is 24.3 Å². The highest BCUT2D eigenvalue weighted by Gasteiger charge is 2.07. The molecule has 0 aromatic heterocycles. The number of rotatable bonds is 5. The zero-order chi connectivity index (χ0) is 15.2. The lowest BCUT2D eigenvalue weighted by Gasteiger charge is -2.13. The van der Waals surface area contributed by atoms with Crippen LogP contribution in [0.3, 0.4) is 0 Å². The molecule has 0 fully saturated rings. The molecule has 0 atom stereocenters. The summed E-state index contributed by atoms with van der Waals surface area (Å²) < 4.78 is 11.4. The molecule has 2 aromatic rings. The minimum absolute atomic E-state index is 0.588. The lowest BCUT2D eigenvalue weighted by molar-refractivity contribution is 0.399. The van der Waals surface area contributed by atoms with Gasteiger partial charge < -0.3 is 14.8 Å². The topological polar surface area (TPSA) is 54.3 Å². The van der Waals surface area contributed by atoms with Crippen molar-refractivity contribution in [1.29, 1.82) is 5.26 Å². The number of ether oxygens (including phenoxy) is 2. The summed E-state index contributed by atoms with van der Waals surface area (Å²) in [5.74, 6) is 1.58. The van der Waals surface area contributed by atoms with Crippen LogP contribution in [0.1, 0.15) is 11.1 Å². The molecule has 0 amide bonds. The van der Waals surface area contributed by atoms with E-state index in [4.69, 9.17) is 14.7 Å². The predicted molar refractivity (Wildman–Crippen MR) is 85.7 cm³/mol. The first-order valence-electron chi connectivity index (χ1n) is 6.32. The van der Waals surface area contributed by atoms with E-state index in [0.29, 0.717) is 12.1 Å². The van der Waals surface area contributed by atoms with Crippen LogP contribution in [0, 0.1) is 11.3 Å². The van der Waals surface area contributed by atoms with E-state index in [2.05, 4.69) is 27.3 Å². The summed E-state index contributed by atoms with van der Waals surface area (Å²) in [5, 5.41) is 12.2. The molecule has 0 aliphatic rings. The molecule has 0 aliphatic heterocycles. The third-order valence-corrected chi connectivity index (χ3v) is 3.71. The third-order valence-electron chi connectivity index (χ3n) is 3.06. The number of nitriles is 1. The highest BCUT2D eigenvalue weighted by molar-refractivity contribution is 9.10. The van der Waals surface area contributed by atoms with Gasteiger partial charge in [0.25, 0.3) is 0 Å². The van der Waals surface area contributed by atoms with Gasteiger partial charge in [-0.2, -0.15) is 5.26 Å². The standard InChI is InChI=1S/C16H15BrN2O2/c1-20-13-4-6-16(21-2)12(8-13)10-19-15-5-3-11(9-18)7-14(15)17/h3-8,19H,10H2,1-2H3. The van der Waals surface area contributed by atoms with Crippen LogP contribution in [-0.2, 0) is 6.54 Å². The van der Waals surface area contributed by atoms with E-state index in [-0.39, 0.29) is 0 Å². The van der Waals surface area contributed by atoms with Crippen LogP contribution < -0.4 is 14.8 Å². The van der Waals surface area contributed by atoms with E-state index in [1.165, 1.54) is 0 Å². The van der Waals surface area contributed by atoms with E-state index in [0.717, 1.165) is 27.2 Å². The molecule has 2 aromatic carbocycles. The Labute approximate surface area is 132 Å². The molecule has 0 saturated carbocycles. The van der Waals surface area contributed by atoms with Crippen molar-refractivity contribution in [2.24, 2.45) is 0 Å². The summed E-state index contributed by atoms with van der Waals surface area (Å²) >= 11 is 3.46. The first-order valence-corrected chi connectivity index (χ1v) is 7.11. The van der Waals surface area contributed by atoms with Crippen molar-refractivity contribution in [2.75, 3.05) is 19.5 Å². The Morgan fingerprint density at radius 2 is 1.95 bits per heavy atom. The van der Waals surface area contributed by atoms with Gasteiger partial charge in [-0.05, 0) is 52.3 Å². The molecule has 0 unspecified atom stereocenters. The number of methoxy groups -OCH3 is 2. The van der Waals surface area contributed by atoms with Crippen molar-refractivity contribution in [3.63, 3.8) is 0 Å². The number of hydrogen-bond acceptors (Lipinski definition) is 4. The average molecular weight is 347 g/mol. The Hall–Kier alpha value is -2.19.